The molecule has 4 heteroatoms. The summed E-state index contributed by atoms with van der Waals surface area (Å²) in [6.45, 7) is 5.23. The molecule has 0 saturated heterocycles. The quantitative estimate of drug-likeness (QED) is 0.847. The second-order valence-corrected chi connectivity index (χ2v) is 5.91. The molecule has 0 spiro atoms. The zero-order valence-electron chi connectivity index (χ0n) is 12.7. The number of nitrogens with one attached hydrogen (secondary N) is 1. The number of rotatable bonds is 6. The third kappa shape index (κ3) is 4.05. The highest BCUT2D eigenvalue weighted by Gasteiger charge is 2.15. The fourth-order valence-corrected chi connectivity index (χ4v) is 2.52. The highest BCUT2D eigenvalue weighted by molar-refractivity contribution is 9.10. The lowest BCUT2D eigenvalue weighted by atomic mass is 9.98. The summed E-state index contributed by atoms with van der Waals surface area (Å²) in [6.07, 6.45) is 4.71. The van der Waals surface area contributed by atoms with Crippen molar-refractivity contribution in [3.63, 3.8) is 0 Å². The summed E-state index contributed by atoms with van der Waals surface area (Å²) in [4.78, 5) is 4.28. The zero-order chi connectivity index (χ0) is 15.2. The first-order valence-corrected chi connectivity index (χ1v) is 7.93. The minimum Gasteiger partial charge on any atom is -0.495 e. The van der Waals surface area contributed by atoms with Crippen molar-refractivity contribution in [2.24, 2.45) is 0 Å². The molecule has 0 aliphatic rings. The van der Waals surface area contributed by atoms with Crippen LogP contribution in [0.4, 0.5) is 0 Å². The molecular weight excluding hydrogens is 328 g/mol. The van der Waals surface area contributed by atoms with E-state index in [9.17, 15) is 0 Å². The van der Waals surface area contributed by atoms with E-state index in [0.29, 0.717) is 0 Å². The standard InChI is InChI=1S/C17H21BrN2O/c1-4-7-20-17(13-5-6-16(18)12(2)8-13)14-9-15(21-3)11-19-10-14/h5-6,8-11,17,20H,4,7H2,1-3H3. The molecule has 0 radical (unpaired) electrons. The summed E-state index contributed by atoms with van der Waals surface area (Å²) in [5.41, 5.74) is 3.58. The molecule has 1 N–H and O–H groups in total. The van der Waals surface area contributed by atoms with E-state index in [2.05, 4.69) is 58.3 Å². The summed E-state index contributed by atoms with van der Waals surface area (Å²) in [6, 6.07) is 8.61. The number of aryl methyl sites for hydroxylation is 1. The maximum absolute atomic E-state index is 5.29. The van der Waals surface area contributed by atoms with Crippen LogP contribution in [0, 0.1) is 6.92 Å². The Morgan fingerprint density at radius 3 is 2.71 bits per heavy atom. The molecule has 0 aliphatic carbocycles. The molecule has 1 aromatic carbocycles. The second kappa shape index (κ2) is 7.57. The van der Waals surface area contributed by atoms with Crippen molar-refractivity contribution in [3.8, 4) is 5.75 Å². The molecule has 2 rings (SSSR count). The molecule has 0 aliphatic heterocycles. The Kier molecular flexibility index (Phi) is 5.76. The lowest BCUT2D eigenvalue weighted by Gasteiger charge is -2.20. The predicted octanol–water partition coefficient (Wildman–Crippen LogP) is 4.25. The summed E-state index contributed by atoms with van der Waals surface area (Å²) >= 11 is 3.56. The number of hydrogen-bond donors (Lipinski definition) is 1. The van der Waals surface area contributed by atoms with Gasteiger partial charge in [0.05, 0.1) is 19.3 Å². The van der Waals surface area contributed by atoms with Crippen molar-refractivity contribution >= 4 is 15.9 Å². The van der Waals surface area contributed by atoms with Crippen LogP contribution in [-0.2, 0) is 0 Å². The van der Waals surface area contributed by atoms with Crippen LogP contribution in [0.5, 0.6) is 5.75 Å². The van der Waals surface area contributed by atoms with E-state index in [0.717, 1.165) is 28.8 Å². The molecule has 2 aromatic rings. The van der Waals surface area contributed by atoms with Crippen LogP contribution < -0.4 is 10.1 Å². The smallest absolute Gasteiger partial charge is 0.137 e. The van der Waals surface area contributed by atoms with E-state index >= 15 is 0 Å². The SMILES string of the molecule is CCCNC(c1cncc(OC)c1)c1ccc(Br)c(C)c1. The van der Waals surface area contributed by atoms with Crippen LogP contribution in [0.25, 0.3) is 0 Å². The molecular formula is C17H21BrN2O. The monoisotopic (exact) mass is 348 g/mol. The maximum atomic E-state index is 5.29. The summed E-state index contributed by atoms with van der Waals surface area (Å²) in [5, 5.41) is 3.59. The number of halogens is 1. The zero-order valence-corrected chi connectivity index (χ0v) is 14.3. The fraction of sp³-hybridized carbons (Fsp3) is 0.353. The van der Waals surface area contributed by atoms with E-state index in [1.54, 1.807) is 13.3 Å². The normalized spacial score (nSPS) is 12.2. The first-order valence-electron chi connectivity index (χ1n) is 7.14. The molecule has 0 bridgehead atoms. The van der Waals surface area contributed by atoms with Crippen molar-refractivity contribution in [3.05, 3.63) is 57.8 Å². The Morgan fingerprint density at radius 1 is 1.24 bits per heavy atom. The first-order chi connectivity index (χ1) is 10.2. The first kappa shape index (κ1) is 16.0. The molecule has 1 unspecified atom stereocenters. The number of aromatic nitrogens is 1. The van der Waals surface area contributed by atoms with E-state index < -0.39 is 0 Å². The minimum atomic E-state index is 0.124. The minimum absolute atomic E-state index is 0.124. The van der Waals surface area contributed by atoms with Gasteiger partial charge >= 0.3 is 0 Å². The van der Waals surface area contributed by atoms with Gasteiger partial charge in [0.25, 0.3) is 0 Å². The Balaban J connectivity index is 2.38. The maximum Gasteiger partial charge on any atom is 0.137 e. The molecule has 1 atom stereocenters. The van der Waals surface area contributed by atoms with Crippen molar-refractivity contribution in [1.29, 1.82) is 0 Å². The van der Waals surface area contributed by atoms with Crippen molar-refractivity contribution in [1.82, 2.24) is 10.3 Å². The Morgan fingerprint density at radius 2 is 2.05 bits per heavy atom. The molecule has 0 amide bonds. The van der Waals surface area contributed by atoms with Gasteiger partial charge in [0.1, 0.15) is 5.75 Å². The van der Waals surface area contributed by atoms with Crippen LogP contribution in [0.1, 0.15) is 36.1 Å². The van der Waals surface area contributed by atoms with Gasteiger partial charge in [-0.25, -0.2) is 0 Å². The van der Waals surface area contributed by atoms with Crippen molar-refractivity contribution in [2.75, 3.05) is 13.7 Å². The Labute approximate surface area is 134 Å². The predicted molar refractivity (Wildman–Crippen MR) is 89.8 cm³/mol. The van der Waals surface area contributed by atoms with Gasteiger partial charge in [0.15, 0.2) is 0 Å². The highest BCUT2D eigenvalue weighted by atomic mass is 79.9. The highest BCUT2D eigenvalue weighted by Crippen LogP contribution is 2.27. The van der Waals surface area contributed by atoms with Crippen LogP contribution in [0.15, 0.2) is 41.1 Å². The molecule has 21 heavy (non-hydrogen) atoms. The molecule has 112 valence electrons. The number of ether oxygens (including phenoxy) is 1. The van der Waals surface area contributed by atoms with Gasteiger partial charge in [-0.2, -0.15) is 0 Å². The number of nitrogens with zero attached hydrogens (tertiary/aromatic N) is 1. The van der Waals surface area contributed by atoms with Crippen LogP contribution >= 0.6 is 15.9 Å². The second-order valence-electron chi connectivity index (χ2n) is 5.05. The summed E-state index contributed by atoms with van der Waals surface area (Å²) in [7, 11) is 1.67. The van der Waals surface area contributed by atoms with Gasteiger partial charge < -0.3 is 10.1 Å². The lowest BCUT2D eigenvalue weighted by molar-refractivity contribution is 0.411. The van der Waals surface area contributed by atoms with Gasteiger partial charge in [0.2, 0.25) is 0 Å². The van der Waals surface area contributed by atoms with E-state index in [4.69, 9.17) is 4.74 Å². The number of pyridine rings is 1. The third-order valence-electron chi connectivity index (χ3n) is 3.42. The van der Waals surface area contributed by atoms with Crippen molar-refractivity contribution < 1.29 is 4.74 Å². The summed E-state index contributed by atoms with van der Waals surface area (Å²) in [5.74, 6) is 0.782. The average molecular weight is 349 g/mol. The molecule has 3 nitrogen and oxygen atoms in total. The lowest BCUT2D eigenvalue weighted by Crippen LogP contribution is -2.23. The molecule has 0 saturated carbocycles. The summed E-state index contributed by atoms with van der Waals surface area (Å²) < 4.78 is 6.42. The van der Waals surface area contributed by atoms with Gasteiger partial charge in [-0.05, 0) is 48.7 Å². The van der Waals surface area contributed by atoms with Gasteiger partial charge in [-0.15, -0.1) is 0 Å². The number of methoxy groups -OCH3 is 1. The molecule has 1 heterocycles. The Hall–Kier alpha value is -1.39. The van der Waals surface area contributed by atoms with Gasteiger partial charge in [-0.1, -0.05) is 35.0 Å². The fourth-order valence-electron chi connectivity index (χ4n) is 2.27. The number of benzene rings is 1. The van der Waals surface area contributed by atoms with Crippen LogP contribution in [-0.4, -0.2) is 18.6 Å². The van der Waals surface area contributed by atoms with E-state index in [-0.39, 0.29) is 6.04 Å². The van der Waals surface area contributed by atoms with Crippen molar-refractivity contribution in [2.45, 2.75) is 26.3 Å². The van der Waals surface area contributed by atoms with Crippen LogP contribution in [0.2, 0.25) is 0 Å². The number of hydrogen-bond acceptors (Lipinski definition) is 3. The largest absolute Gasteiger partial charge is 0.495 e. The van der Waals surface area contributed by atoms with E-state index in [1.165, 1.54) is 11.1 Å². The average Bonchev–Trinajstić information content (AvgIpc) is 2.51. The topological polar surface area (TPSA) is 34.2 Å². The van der Waals surface area contributed by atoms with Crippen LogP contribution in [0.3, 0.4) is 0 Å². The van der Waals surface area contributed by atoms with E-state index in [1.807, 2.05) is 12.3 Å². The Bertz CT molecular complexity index is 601. The molecule has 1 aromatic heterocycles. The van der Waals surface area contributed by atoms with Gasteiger partial charge in [-0.3, -0.25) is 4.98 Å². The van der Waals surface area contributed by atoms with Gasteiger partial charge in [0, 0.05) is 10.7 Å². The third-order valence-corrected chi connectivity index (χ3v) is 4.31. The molecule has 0 fully saturated rings.